The van der Waals surface area contributed by atoms with Crippen LogP contribution in [0.15, 0.2) is 59.8 Å². The molecule has 0 spiro atoms. The maximum atomic E-state index is 13.2. The number of hydrogen-bond acceptors (Lipinski definition) is 5. The van der Waals surface area contributed by atoms with E-state index in [9.17, 15) is 9.59 Å². The number of esters is 1. The lowest BCUT2D eigenvalue weighted by Gasteiger charge is -2.31. The van der Waals surface area contributed by atoms with E-state index in [4.69, 9.17) is 14.2 Å². The Morgan fingerprint density at radius 1 is 1.09 bits per heavy atom. The average Bonchev–Trinajstić information content (AvgIpc) is 2.80. The number of benzene rings is 2. The van der Waals surface area contributed by atoms with Crippen molar-refractivity contribution in [3.05, 3.63) is 70.9 Å². The maximum Gasteiger partial charge on any atom is 0.338 e. The lowest BCUT2D eigenvalue weighted by molar-refractivity contribution is -0.143. The molecule has 1 atom stereocenters. The molecule has 0 radical (unpaired) electrons. The van der Waals surface area contributed by atoms with Gasteiger partial charge in [0.2, 0.25) is 0 Å². The second kappa shape index (κ2) is 11.4. The van der Waals surface area contributed by atoms with Gasteiger partial charge in [-0.15, -0.1) is 0 Å². The number of urea groups is 1. The van der Waals surface area contributed by atoms with Gasteiger partial charge >= 0.3 is 12.0 Å². The van der Waals surface area contributed by atoms with Crippen molar-refractivity contribution in [2.75, 3.05) is 7.11 Å². The molecule has 0 saturated heterocycles. The highest BCUT2D eigenvalue weighted by Crippen LogP contribution is 2.40. The fourth-order valence-corrected chi connectivity index (χ4v) is 3.73. The lowest BCUT2D eigenvalue weighted by Crippen LogP contribution is -2.46. The number of amides is 2. The zero-order valence-electron chi connectivity index (χ0n) is 19.6. The molecule has 1 unspecified atom stereocenters. The molecule has 0 fully saturated rings. The third-order valence-electron chi connectivity index (χ3n) is 5.26. The normalized spacial score (nSPS) is 15.7. The summed E-state index contributed by atoms with van der Waals surface area (Å²) in [6, 6.07) is 14.1. The Balaban J connectivity index is 2.07. The van der Waals surface area contributed by atoms with Crippen LogP contribution in [0.3, 0.4) is 0 Å². The summed E-state index contributed by atoms with van der Waals surface area (Å²) in [4.78, 5) is 25.7. The van der Waals surface area contributed by atoms with E-state index in [1.165, 1.54) is 0 Å². The van der Waals surface area contributed by atoms with Gasteiger partial charge < -0.3 is 24.8 Å². The molecule has 0 aromatic heterocycles. The summed E-state index contributed by atoms with van der Waals surface area (Å²) in [6.07, 6.45) is 2.02. The topological polar surface area (TPSA) is 85.9 Å². The number of hydrogen-bond donors (Lipinski definition) is 2. The van der Waals surface area contributed by atoms with Crippen LogP contribution >= 0.6 is 0 Å². The second-order valence-electron chi connectivity index (χ2n) is 8.13. The smallest absolute Gasteiger partial charge is 0.338 e. The molecular formula is C26H32N2O5. The highest BCUT2D eigenvalue weighted by atomic mass is 16.5. The summed E-state index contributed by atoms with van der Waals surface area (Å²) in [6.45, 7) is 5.97. The number of allylic oxidation sites excluding steroid dienone is 1. The monoisotopic (exact) mass is 452 g/mol. The number of para-hydroxylation sites is 1. The predicted octanol–water partition coefficient (Wildman–Crippen LogP) is 5.02. The number of unbranched alkanes of at least 4 members (excludes halogenated alkanes) is 1. The highest BCUT2D eigenvalue weighted by molar-refractivity contribution is 5.95. The van der Waals surface area contributed by atoms with Gasteiger partial charge in [-0.3, -0.25) is 0 Å². The summed E-state index contributed by atoms with van der Waals surface area (Å²) >= 11 is 0. The van der Waals surface area contributed by atoms with Crippen molar-refractivity contribution in [3.63, 3.8) is 0 Å². The Morgan fingerprint density at radius 2 is 1.85 bits per heavy atom. The molecule has 2 aromatic rings. The molecule has 1 aliphatic rings. The van der Waals surface area contributed by atoms with Gasteiger partial charge in [-0.05, 0) is 38.3 Å². The molecule has 2 aromatic carbocycles. The van der Waals surface area contributed by atoms with E-state index in [0.717, 1.165) is 18.4 Å². The molecule has 3 rings (SSSR count). The van der Waals surface area contributed by atoms with Gasteiger partial charge in [0.25, 0.3) is 0 Å². The number of rotatable bonds is 10. The van der Waals surface area contributed by atoms with Crippen LogP contribution < -0.4 is 20.1 Å². The summed E-state index contributed by atoms with van der Waals surface area (Å²) in [5.74, 6) is 0.522. The van der Waals surface area contributed by atoms with Crippen LogP contribution in [0.5, 0.6) is 11.5 Å². The van der Waals surface area contributed by atoms with E-state index >= 15 is 0 Å². The number of ether oxygens (including phenoxy) is 3. The minimum Gasteiger partial charge on any atom is -0.493 e. The Bertz CT molecular complexity index is 1000. The number of nitrogens with one attached hydrogen (secondary N) is 2. The zero-order valence-corrected chi connectivity index (χ0v) is 19.6. The molecule has 0 bridgehead atoms. The summed E-state index contributed by atoms with van der Waals surface area (Å²) in [5, 5.41) is 5.71. The second-order valence-corrected chi connectivity index (χ2v) is 8.13. The minimum absolute atomic E-state index is 0.296. The fraction of sp³-hybridized carbons (Fsp3) is 0.385. The average molecular weight is 453 g/mol. The van der Waals surface area contributed by atoms with Crippen LogP contribution in [-0.2, 0) is 16.1 Å². The van der Waals surface area contributed by atoms with Crippen LogP contribution in [0.2, 0.25) is 0 Å². The van der Waals surface area contributed by atoms with Crippen LogP contribution in [0.4, 0.5) is 4.79 Å². The van der Waals surface area contributed by atoms with E-state index in [0.29, 0.717) is 41.4 Å². The molecule has 0 saturated carbocycles. The molecule has 7 heteroatoms. The van der Waals surface area contributed by atoms with Crippen molar-refractivity contribution in [2.45, 2.75) is 58.8 Å². The van der Waals surface area contributed by atoms with Gasteiger partial charge in [-0.25, -0.2) is 9.59 Å². The van der Waals surface area contributed by atoms with Crippen molar-refractivity contribution in [3.8, 4) is 11.5 Å². The summed E-state index contributed by atoms with van der Waals surface area (Å²) in [5.41, 5.74) is 2.58. The largest absolute Gasteiger partial charge is 0.493 e. The molecule has 2 N–H and O–H groups in total. The van der Waals surface area contributed by atoms with Crippen LogP contribution in [0.25, 0.3) is 0 Å². The van der Waals surface area contributed by atoms with Crippen LogP contribution in [0, 0.1) is 0 Å². The zero-order chi connectivity index (χ0) is 23.8. The number of methoxy groups -OCH3 is 1. The molecule has 1 heterocycles. The SMILES string of the molecule is CCCCC1=C(C(=O)OC(C)C)C(c2cccc(OC)c2OCc2ccccc2)NC(=O)N1. The Kier molecular flexibility index (Phi) is 8.35. The first-order valence-corrected chi connectivity index (χ1v) is 11.3. The molecular weight excluding hydrogens is 420 g/mol. The first kappa shape index (κ1) is 24.2. The molecule has 7 nitrogen and oxygen atoms in total. The number of carbonyl (C=O) groups is 2. The first-order chi connectivity index (χ1) is 15.9. The Hall–Kier alpha value is -3.48. The van der Waals surface area contributed by atoms with Crippen molar-refractivity contribution in [1.29, 1.82) is 0 Å². The fourth-order valence-electron chi connectivity index (χ4n) is 3.73. The molecule has 33 heavy (non-hydrogen) atoms. The summed E-state index contributed by atoms with van der Waals surface area (Å²) < 4.78 is 17.3. The van der Waals surface area contributed by atoms with E-state index < -0.39 is 12.0 Å². The Labute approximate surface area is 195 Å². The van der Waals surface area contributed by atoms with Crippen molar-refractivity contribution >= 4 is 12.0 Å². The first-order valence-electron chi connectivity index (χ1n) is 11.3. The van der Waals surface area contributed by atoms with Crippen LogP contribution in [-0.4, -0.2) is 25.2 Å². The molecule has 2 amide bonds. The molecule has 176 valence electrons. The quantitative estimate of drug-likeness (QED) is 0.494. The Morgan fingerprint density at radius 3 is 2.52 bits per heavy atom. The van der Waals surface area contributed by atoms with Crippen LogP contribution in [0.1, 0.15) is 57.2 Å². The third-order valence-corrected chi connectivity index (χ3v) is 5.26. The number of carbonyl (C=O) groups excluding carboxylic acids is 2. The van der Waals surface area contributed by atoms with E-state index in [-0.39, 0.29) is 12.1 Å². The third kappa shape index (κ3) is 6.06. The maximum absolute atomic E-state index is 13.2. The highest BCUT2D eigenvalue weighted by Gasteiger charge is 2.36. The van der Waals surface area contributed by atoms with Gasteiger partial charge in [-0.2, -0.15) is 0 Å². The standard InChI is InChI=1S/C26H32N2O5/c1-5-6-14-20-22(25(29)33-17(2)3)23(28-26(30)27-20)19-13-10-15-21(31-4)24(19)32-16-18-11-8-7-9-12-18/h7-13,15,17,23H,5-6,14,16H2,1-4H3,(H2,27,28,30). The van der Waals surface area contributed by atoms with Crippen molar-refractivity contribution < 1.29 is 23.8 Å². The van der Waals surface area contributed by atoms with Gasteiger partial charge in [-0.1, -0.05) is 55.8 Å². The lowest BCUT2D eigenvalue weighted by atomic mass is 9.92. The van der Waals surface area contributed by atoms with Gasteiger partial charge in [0.1, 0.15) is 6.61 Å². The molecule has 1 aliphatic heterocycles. The van der Waals surface area contributed by atoms with E-state index in [2.05, 4.69) is 17.6 Å². The van der Waals surface area contributed by atoms with Gasteiger partial charge in [0.05, 0.1) is 24.8 Å². The minimum atomic E-state index is -0.738. The van der Waals surface area contributed by atoms with E-state index in [1.807, 2.05) is 42.5 Å². The van der Waals surface area contributed by atoms with E-state index in [1.54, 1.807) is 27.0 Å². The summed E-state index contributed by atoms with van der Waals surface area (Å²) in [7, 11) is 1.56. The predicted molar refractivity (Wildman–Crippen MR) is 126 cm³/mol. The van der Waals surface area contributed by atoms with Crippen molar-refractivity contribution in [2.24, 2.45) is 0 Å². The van der Waals surface area contributed by atoms with Crippen molar-refractivity contribution in [1.82, 2.24) is 10.6 Å². The van der Waals surface area contributed by atoms with Gasteiger partial charge in [0.15, 0.2) is 11.5 Å². The molecule has 0 aliphatic carbocycles. The van der Waals surface area contributed by atoms with Gasteiger partial charge in [0, 0.05) is 11.3 Å².